The van der Waals surface area contributed by atoms with Crippen molar-refractivity contribution in [2.24, 2.45) is 0 Å². The highest BCUT2D eigenvalue weighted by Crippen LogP contribution is 2.46. The molecule has 3 rings (SSSR count). The van der Waals surface area contributed by atoms with Gasteiger partial charge in [0.25, 0.3) is 0 Å². The summed E-state index contributed by atoms with van der Waals surface area (Å²) in [4.78, 5) is 11.2. The predicted octanol–water partition coefficient (Wildman–Crippen LogP) is 0.910. The van der Waals surface area contributed by atoms with Crippen LogP contribution >= 0.6 is 11.8 Å². The summed E-state index contributed by atoms with van der Waals surface area (Å²) in [5.74, 6) is 0.0731. The molecule has 0 aromatic heterocycles. The summed E-state index contributed by atoms with van der Waals surface area (Å²) >= 11 is 1.81. The second-order valence-electron chi connectivity index (χ2n) is 5.02. The Labute approximate surface area is 104 Å². The molecule has 0 aromatic carbocycles. The minimum atomic E-state index is -0.671. The van der Waals surface area contributed by atoms with Gasteiger partial charge in [0.1, 0.15) is 6.10 Å². The average molecular weight is 260 g/mol. The van der Waals surface area contributed by atoms with Crippen LogP contribution in [0.15, 0.2) is 0 Å². The van der Waals surface area contributed by atoms with Crippen LogP contribution in [0.5, 0.6) is 0 Å². The van der Waals surface area contributed by atoms with Crippen LogP contribution in [0, 0.1) is 0 Å². The Hall–Kier alpha value is -0.300. The van der Waals surface area contributed by atoms with Crippen LogP contribution in [-0.2, 0) is 23.7 Å². The lowest BCUT2D eigenvalue weighted by Gasteiger charge is -2.24. The quantitative estimate of drug-likeness (QED) is 0.543. The van der Waals surface area contributed by atoms with Crippen molar-refractivity contribution in [2.75, 3.05) is 5.75 Å². The zero-order valence-electron chi connectivity index (χ0n) is 10.0. The van der Waals surface area contributed by atoms with E-state index < -0.39 is 12.1 Å². The van der Waals surface area contributed by atoms with E-state index in [-0.39, 0.29) is 24.3 Å². The molecule has 3 heterocycles. The number of carbonyl (C=O) groups excluding carboxylic acids is 1. The second-order valence-corrected chi connectivity index (χ2v) is 6.29. The Bertz CT molecular complexity index is 341. The molecule has 0 spiro atoms. The lowest BCUT2D eigenvalue weighted by atomic mass is 10.1. The fraction of sp³-hybridized carbons (Fsp3) is 0.909. The molecule has 3 saturated heterocycles. The third-order valence-corrected chi connectivity index (χ3v) is 4.04. The first-order valence-electron chi connectivity index (χ1n) is 5.76. The summed E-state index contributed by atoms with van der Waals surface area (Å²) in [6.45, 7) is 5.08. The Morgan fingerprint density at radius 1 is 1.35 bits per heavy atom. The van der Waals surface area contributed by atoms with Gasteiger partial charge in [0.2, 0.25) is 0 Å². The number of thioether (sulfide) groups is 1. The molecule has 0 saturated carbocycles. The molecular weight excluding hydrogens is 244 g/mol. The Morgan fingerprint density at radius 3 is 2.65 bits per heavy atom. The Balaban J connectivity index is 1.77. The SMILES string of the molecule is CC(=O)O[C@@H]1[C@H]2OC(C)(C)O[C@H]2O[C@@H]1C1CS1. The molecule has 5 nitrogen and oxygen atoms in total. The highest BCUT2D eigenvalue weighted by molar-refractivity contribution is 8.06. The van der Waals surface area contributed by atoms with Crippen LogP contribution in [0.2, 0.25) is 0 Å². The van der Waals surface area contributed by atoms with Gasteiger partial charge in [-0.25, -0.2) is 0 Å². The van der Waals surface area contributed by atoms with Crippen LogP contribution in [0.1, 0.15) is 20.8 Å². The fourth-order valence-corrected chi connectivity index (χ4v) is 3.08. The Kier molecular flexibility index (Phi) is 2.66. The molecule has 3 fully saturated rings. The van der Waals surface area contributed by atoms with Gasteiger partial charge >= 0.3 is 5.97 Å². The lowest BCUT2D eigenvalue weighted by molar-refractivity contribution is -0.217. The molecule has 0 aliphatic carbocycles. The topological polar surface area (TPSA) is 54.0 Å². The molecule has 0 aromatic rings. The molecule has 6 heteroatoms. The molecule has 0 bridgehead atoms. The number of carbonyl (C=O) groups is 1. The van der Waals surface area contributed by atoms with Crippen molar-refractivity contribution in [3.8, 4) is 0 Å². The van der Waals surface area contributed by atoms with E-state index in [0.717, 1.165) is 5.75 Å². The van der Waals surface area contributed by atoms with Gasteiger partial charge in [-0.1, -0.05) is 0 Å². The van der Waals surface area contributed by atoms with Crippen molar-refractivity contribution in [3.05, 3.63) is 0 Å². The first kappa shape index (κ1) is 11.8. The van der Waals surface area contributed by atoms with E-state index in [1.165, 1.54) is 6.92 Å². The standard InChI is InChI=1S/C11H16O5S/c1-5(12)13-8-7(6-4-17-6)14-10-9(8)15-11(2,3)16-10/h6-10H,4H2,1-3H3/t6?,7-,8+,9-,10-/m1/s1. The summed E-state index contributed by atoms with van der Waals surface area (Å²) in [5, 5.41) is 0.403. The van der Waals surface area contributed by atoms with Gasteiger partial charge in [0.15, 0.2) is 24.3 Å². The van der Waals surface area contributed by atoms with Crippen molar-refractivity contribution >= 4 is 17.7 Å². The number of esters is 1. The highest BCUT2D eigenvalue weighted by Gasteiger charge is 2.59. The largest absolute Gasteiger partial charge is 0.457 e. The normalized spacial score (nSPS) is 46.6. The van der Waals surface area contributed by atoms with E-state index in [0.29, 0.717) is 5.25 Å². The summed E-state index contributed by atoms with van der Waals surface area (Å²) in [6, 6.07) is 0. The number of hydrogen-bond donors (Lipinski definition) is 0. The minimum Gasteiger partial charge on any atom is -0.457 e. The first-order chi connectivity index (χ1) is 7.96. The third kappa shape index (κ3) is 2.19. The van der Waals surface area contributed by atoms with Crippen LogP contribution < -0.4 is 0 Å². The summed E-state index contributed by atoms with van der Waals surface area (Å²) in [7, 11) is 0. The van der Waals surface area contributed by atoms with Gasteiger partial charge < -0.3 is 18.9 Å². The number of rotatable bonds is 2. The summed E-state index contributed by atoms with van der Waals surface area (Å²) in [5.41, 5.74) is 0. The average Bonchev–Trinajstić information content (AvgIpc) is 2.92. The van der Waals surface area contributed by atoms with Crippen molar-refractivity contribution in [1.29, 1.82) is 0 Å². The van der Waals surface area contributed by atoms with Crippen LogP contribution in [-0.4, -0.2) is 47.4 Å². The second kappa shape index (κ2) is 3.85. The maximum Gasteiger partial charge on any atom is 0.303 e. The van der Waals surface area contributed by atoms with E-state index >= 15 is 0 Å². The van der Waals surface area contributed by atoms with E-state index in [4.69, 9.17) is 18.9 Å². The third-order valence-electron chi connectivity index (χ3n) is 3.05. The zero-order chi connectivity index (χ0) is 12.2. The molecule has 96 valence electrons. The fourth-order valence-electron chi connectivity index (χ4n) is 2.37. The number of hydrogen-bond acceptors (Lipinski definition) is 6. The molecule has 0 N–H and O–H groups in total. The summed E-state index contributed by atoms with van der Waals surface area (Å²) < 4.78 is 22.6. The molecule has 17 heavy (non-hydrogen) atoms. The maximum atomic E-state index is 11.2. The first-order valence-corrected chi connectivity index (χ1v) is 6.81. The van der Waals surface area contributed by atoms with Crippen molar-refractivity contribution in [2.45, 2.75) is 56.4 Å². The van der Waals surface area contributed by atoms with Crippen LogP contribution in [0.4, 0.5) is 0 Å². The molecule has 0 radical (unpaired) electrons. The van der Waals surface area contributed by atoms with Crippen LogP contribution in [0.3, 0.4) is 0 Å². The minimum absolute atomic E-state index is 0.102. The smallest absolute Gasteiger partial charge is 0.303 e. The van der Waals surface area contributed by atoms with Crippen molar-refractivity contribution in [1.82, 2.24) is 0 Å². The van der Waals surface area contributed by atoms with Crippen LogP contribution in [0.25, 0.3) is 0 Å². The Morgan fingerprint density at radius 2 is 2.06 bits per heavy atom. The molecule has 5 atom stereocenters. The monoisotopic (exact) mass is 260 g/mol. The molecule has 3 aliphatic heterocycles. The van der Waals surface area contributed by atoms with E-state index in [1.807, 2.05) is 25.6 Å². The van der Waals surface area contributed by atoms with Gasteiger partial charge in [-0.05, 0) is 13.8 Å². The van der Waals surface area contributed by atoms with Crippen molar-refractivity contribution < 1.29 is 23.7 Å². The molecule has 3 aliphatic rings. The number of ether oxygens (including phenoxy) is 4. The predicted molar refractivity (Wildman–Crippen MR) is 60.5 cm³/mol. The maximum absolute atomic E-state index is 11.2. The van der Waals surface area contributed by atoms with E-state index in [2.05, 4.69) is 0 Å². The van der Waals surface area contributed by atoms with Gasteiger partial charge in [0, 0.05) is 17.9 Å². The molecule has 0 amide bonds. The van der Waals surface area contributed by atoms with Gasteiger partial charge in [-0.2, -0.15) is 11.8 Å². The van der Waals surface area contributed by atoms with E-state index in [1.54, 1.807) is 0 Å². The van der Waals surface area contributed by atoms with Crippen molar-refractivity contribution in [3.63, 3.8) is 0 Å². The van der Waals surface area contributed by atoms with E-state index in [9.17, 15) is 4.79 Å². The zero-order valence-corrected chi connectivity index (χ0v) is 10.9. The highest BCUT2D eigenvalue weighted by atomic mass is 32.2. The molecule has 1 unspecified atom stereocenters. The lowest BCUT2D eigenvalue weighted by Crippen LogP contribution is -2.40. The van der Waals surface area contributed by atoms with Gasteiger partial charge in [0.05, 0.1) is 0 Å². The molecular formula is C11H16O5S. The van der Waals surface area contributed by atoms with Gasteiger partial charge in [-0.15, -0.1) is 0 Å². The van der Waals surface area contributed by atoms with Gasteiger partial charge in [-0.3, -0.25) is 4.79 Å². The summed E-state index contributed by atoms with van der Waals surface area (Å²) in [6.07, 6.45) is -1.17. The number of fused-ring (bicyclic) bond motifs is 1.